The van der Waals surface area contributed by atoms with Crippen molar-refractivity contribution in [1.29, 1.82) is 0 Å². The van der Waals surface area contributed by atoms with E-state index in [4.69, 9.17) is 15.0 Å². The highest BCUT2D eigenvalue weighted by molar-refractivity contribution is 5.19. The maximum Gasteiger partial charge on any atom is 0.175 e. The highest BCUT2D eigenvalue weighted by Gasteiger charge is 2.23. The molecule has 0 aromatic heterocycles. The second-order valence-corrected chi connectivity index (χ2v) is 8.15. The quantitative estimate of drug-likeness (QED) is 0.243. The van der Waals surface area contributed by atoms with Gasteiger partial charge in [0.2, 0.25) is 0 Å². The van der Waals surface area contributed by atoms with Gasteiger partial charge in [-0.15, -0.1) is 0 Å². The van der Waals surface area contributed by atoms with Gasteiger partial charge in [0.05, 0.1) is 6.04 Å². The fourth-order valence-corrected chi connectivity index (χ4v) is 3.56. The Morgan fingerprint density at radius 3 is 1.83 bits per heavy atom. The largest absolute Gasteiger partial charge is 0.356 e. The van der Waals surface area contributed by atoms with Crippen LogP contribution in [0.25, 0.3) is 0 Å². The number of methoxy groups -OCH3 is 1. The average Bonchev–Trinajstić information content (AvgIpc) is 2.76. The summed E-state index contributed by atoms with van der Waals surface area (Å²) in [6.07, 6.45) is 10.3. The lowest BCUT2D eigenvalue weighted by atomic mass is 10.00. The van der Waals surface area contributed by atoms with E-state index in [9.17, 15) is 0 Å². The number of hydrogen-bond donors (Lipinski definition) is 0. The van der Waals surface area contributed by atoms with Crippen LogP contribution in [0.3, 0.4) is 0 Å². The van der Waals surface area contributed by atoms with Crippen molar-refractivity contribution < 1.29 is 4.74 Å². The van der Waals surface area contributed by atoms with E-state index >= 15 is 0 Å². The van der Waals surface area contributed by atoms with Gasteiger partial charge in [-0.05, 0) is 43.7 Å². The van der Waals surface area contributed by atoms with Gasteiger partial charge in [0, 0.05) is 7.11 Å². The normalized spacial score (nSPS) is 13.8. The van der Waals surface area contributed by atoms with Gasteiger partial charge < -0.3 is 4.74 Å². The molecule has 158 valence electrons. The Bertz CT molecular complexity index is 645. The first-order chi connectivity index (χ1) is 14.1. The first kappa shape index (κ1) is 23.3. The van der Waals surface area contributed by atoms with Gasteiger partial charge in [-0.25, -0.2) is 0 Å². The molecule has 3 nitrogen and oxygen atoms in total. The molecule has 29 heavy (non-hydrogen) atoms. The van der Waals surface area contributed by atoms with Crippen molar-refractivity contribution in [3.63, 3.8) is 0 Å². The van der Waals surface area contributed by atoms with Crippen LogP contribution in [0.15, 0.2) is 70.9 Å². The van der Waals surface area contributed by atoms with Crippen molar-refractivity contribution in [3.8, 4) is 0 Å². The van der Waals surface area contributed by atoms with Crippen molar-refractivity contribution >= 4 is 0 Å². The van der Waals surface area contributed by atoms with Gasteiger partial charge in [0.1, 0.15) is 0 Å². The summed E-state index contributed by atoms with van der Waals surface area (Å²) in [6, 6.07) is 21.2. The van der Waals surface area contributed by atoms with Crippen LogP contribution in [0.4, 0.5) is 0 Å². The summed E-state index contributed by atoms with van der Waals surface area (Å²) in [5.41, 5.74) is 2.06. The zero-order valence-electron chi connectivity index (χ0n) is 18.5. The molecule has 0 aliphatic carbocycles. The lowest BCUT2D eigenvalue weighted by molar-refractivity contribution is -0.00291. The Hall–Kier alpha value is -2.00. The number of nitrogens with zero attached hydrogens (tertiary/aromatic N) is 2. The van der Waals surface area contributed by atoms with Crippen LogP contribution in [-0.4, -0.2) is 18.9 Å². The van der Waals surface area contributed by atoms with Crippen molar-refractivity contribution in [2.24, 2.45) is 10.2 Å². The summed E-state index contributed by atoms with van der Waals surface area (Å²) >= 11 is 0. The minimum Gasteiger partial charge on any atom is -0.356 e. The predicted molar refractivity (Wildman–Crippen MR) is 122 cm³/mol. The predicted octanol–water partition coefficient (Wildman–Crippen LogP) is 7.41. The Morgan fingerprint density at radius 1 is 0.793 bits per heavy atom. The zero-order valence-corrected chi connectivity index (χ0v) is 18.5. The molecule has 0 saturated carbocycles. The Labute approximate surface area is 177 Å². The fourth-order valence-electron chi connectivity index (χ4n) is 3.56. The van der Waals surface area contributed by atoms with Gasteiger partial charge >= 0.3 is 0 Å². The molecule has 0 radical (unpaired) electrons. The molecule has 3 heteroatoms. The molecule has 0 amide bonds. The number of ether oxygens (including phenoxy) is 1. The molecular weight excluding hydrogens is 356 g/mol. The maximum absolute atomic E-state index is 5.76. The molecule has 0 saturated heterocycles. The van der Waals surface area contributed by atoms with Crippen LogP contribution in [0.2, 0.25) is 0 Å². The minimum absolute atomic E-state index is 0.110. The van der Waals surface area contributed by atoms with E-state index in [1.165, 1.54) is 43.2 Å². The number of azo groups is 1. The van der Waals surface area contributed by atoms with Crippen LogP contribution in [0, 0.1) is 0 Å². The van der Waals surface area contributed by atoms with Crippen molar-refractivity contribution in [2.75, 3.05) is 7.11 Å². The second kappa shape index (κ2) is 13.3. The first-order valence-corrected chi connectivity index (χ1v) is 11.2. The molecule has 0 aliphatic rings. The molecule has 2 rings (SSSR count). The van der Waals surface area contributed by atoms with Crippen LogP contribution in [0.5, 0.6) is 0 Å². The third kappa shape index (κ3) is 9.36. The lowest BCUT2D eigenvalue weighted by Gasteiger charge is -2.23. The van der Waals surface area contributed by atoms with Gasteiger partial charge in [-0.1, -0.05) is 99.7 Å². The highest BCUT2D eigenvalue weighted by atomic mass is 16.5. The van der Waals surface area contributed by atoms with Gasteiger partial charge in [-0.3, -0.25) is 0 Å². The van der Waals surface area contributed by atoms with Crippen molar-refractivity contribution in [2.45, 2.75) is 83.4 Å². The summed E-state index contributed by atoms with van der Waals surface area (Å²) in [5, 5.41) is 9.49. The molecule has 0 heterocycles. The van der Waals surface area contributed by atoms with Crippen LogP contribution < -0.4 is 0 Å². The van der Waals surface area contributed by atoms with Crippen LogP contribution in [0.1, 0.15) is 69.9 Å². The molecule has 0 fully saturated rings. The summed E-state index contributed by atoms with van der Waals surface area (Å²) in [4.78, 5) is 0. The number of unbranched alkanes of at least 4 members (excludes halogenated alkanes) is 5. The Kier molecular flexibility index (Phi) is 10.6. The first-order valence-electron chi connectivity index (χ1n) is 11.2. The molecule has 0 bridgehead atoms. The zero-order chi connectivity index (χ0) is 20.8. The molecule has 2 aromatic carbocycles. The van der Waals surface area contributed by atoms with E-state index in [1.54, 1.807) is 7.11 Å². The summed E-state index contributed by atoms with van der Waals surface area (Å²) in [6.45, 7) is 4.31. The summed E-state index contributed by atoms with van der Waals surface area (Å²) < 4.78 is 5.76. The van der Waals surface area contributed by atoms with E-state index in [1.807, 2.05) is 0 Å². The van der Waals surface area contributed by atoms with Gasteiger partial charge in [0.15, 0.2) is 5.72 Å². The van der Waals surface area contributed by atoms with E-state index in [0.29, 0.717) is 0 Å². The Morgan fingerprint density at radius 2 is 1.31 bits per heavy atom. The molecule has 0 aliphatic heterocycles. The van der Waals surface area contributed by atoms with E-state index in [-0.39, 0.29) is 6.04 Å². The number of rotatable bonds is 14. The van der Waals surface area contributed by atoms with Gasteiger partial charge in [0.25, 0.3) is 0 Å². The maximum atomic E-state index is 5.76. The molecular formula is C26H38N2O. The molecule has 0 spiro atoms. The van der Waals surface area contributed by atoms with E-state index < -0.39 is 5.72 Å². The topological polar surface area (TPSA) is 34.0 Å². The van der Waals surface area contributed by atoms with Gasteiger partial charge in [-0.2, -0.15) is 10.2 Å². The number of benzene rings is 2. The molecule has 1 atom stereocenters. The van der Waals surface area contributed by atoms with E-state index in [2.05, 4.69) is 74.5 Å². The fraction of sp³-hybridized carbons (Fsp3) is 0.538. The molecule has 0 N–H and O–H groups in total. The third-order valence-corrected chi connectivity index (χ3v) is 5.49. The average molecular weight is 395 g/mol. The van der Waals surface area contributed by atoms with Crippen LogP contribution >= 0.6 is 0 Å². The van der Waals surface area contributed by atoms with E-state index in [0.717, 1.165) is 25.7 Å². The lowest BCUT2D eigenvalue weighted by Crippen LogP contribution is -2.25. The minimum atomic E-state index is -0.531. The standard InChI is InChI=1S/C26H38N2O/c1-4-5-6-7-8-15-20-26(2,29-3)28-27-25(21-23-16-11-9-12-17-23)22-24-18-13-10-14-19-24/h9-14,16-19,25H,4-8,15,20-22H2,1-3H3. The molecule has 2 aromatic rings. The van der Waals surface area contributed by atoms with Crippen molar-refractivity contribution in [3.05, 3.63) is 71.8 Å². The van der Waals surface area contributed by atoms with Crippen LogP contribution in [-0.2, 0) is 17.6 Å². The SMILES string of the molecule is CCCCCCCCC(C)(N=NC(Cc1ccccc1)Cc1ccccc1)OC. The van der Waals surface area contributed by atoms with Crippen molar-refractivity contribution in [1.82, 2.24) is 0 Å². The summed E-state index contributed by atoms with van der Waals surface area (Å²) in [7, 11) is 1.75. The smallest absolute Gasteiger partial charge is 0.175 e. The highest BCUT2D eigenvalue weighted by Crippen LogP contribution is 2.23. The Balaban J connectivity index is 1.99. The summed E-state index contributed by atoms with van der Waals surface area (Å²) in [5.74, 6) is 0. The molecule has 1 unspecified atom stereocenters. The second-order valence-electron chi connectivity index (χ2n) is 8.15. The monoisotopic (exact) mass is 394 g/mol. The number of hydrogen-bond acceptors (Lipinski definition) is 3. The third-order valence-electron chi connectivity index (χ3n) is 5.49.